The van der Waals surface area contributed by atoms with Crippen LogP contribution in [0.25, 0.3) is 0 Å². The topological polar surface area (TPSA) is 43.8 Å². The van der Waals surface area contributed by atoms with E-state index in [1.807, 2.05) is 0 Å². The summed E-state index contributed by atoms with van der Waals surface area (Å²) in [5.74, 6) is 2.08. The molecule has 1 amide bonds. The van der Waals surface area contributed by atoms with E-state index in [4.69, 9.17) is 5.11 Å². The highest BCUT2D eigenvalue weighted by Crippen LogP contribution is 2.39. The molecule has 0 aromatic heterocycles. The Balaban J connectivity index is 0.000000113. The molecule has 0 aromatic rings. The van der Waals surface area contributed by atoms with Crippen LogP contribution >= 0.6 is 11.8 Å². The smallest absolute Gasteiger partial charge is 0.407 e. The molecule has 1 aliphatic carbocycles. The van der Waals surface area contributed by atoms with E-state index in [1.165, 1.54) is 31.7 Å². The van der Waals surface area contributed by atoms with E-state index >= 15 is 0 Å². The molecule has 1 N–H and O–H groups in total. The molecule has 4 aliphatic rings. The van der Waals surface area contributed by atoms with Crippen molar-refractivity contribution >= 4 is 17.9 Å². The van der Waals surface area contributed by atoms with Gasteiger partial charge in [-0.25, -0.2) is 4.79 Å². The first-order chi connectivity index (χ1) is 8.25. The van der Waals surface area contributed by atoms with Gasteiger partial charge < -0.3 is 10.0 Å². The van der Waals surface area contributed by atoms with Gasteiger partial charge in [-0.3, -0.25) is 4.90 Å². The second-order valence-corrected chi connectivity index (χ2v) is 6.61. The number of carbonyl (C=O) groups is 1. The first kappa shape index (κ1) is 11.7. The van der Waals surface area contributed by atoms with Crippen LogP contribution in [0.2, 0.25) is 0 Å². The average molecular weight is 256 g/mol. The van der Waals surface area contributed by atoms with E-state index in [0.717, 1.165) is 24.8 Å². The van der Waals surface area contributed by atoms with Crippen molar-refractivity contribution in [1.29, 1.82) is 0 Å². The Morgan fingerprint density at radius 3 is 2.29 bits per heavy atom. The number of hydrogen-bond acceptors (Lipinski definition) is 3. The van der Waals surface area contributed by atoms with Crippen molar-refractivity contribution in [1.82, 2.24) is 9.80 Å². The minimum absolute atomic E-state index is 0.387. The van der Waals surface area contributed by atoms with Gasteiger partial charge >= 0.3 is 6.09 Å². The Morgan fingerprint density at radius 1 is 1.12 bits per heavy atom. The summed E-state index contributed by atoms with van der Waals surface area (Å²) in [5, 5.41) is 9.61. The molecule has 0 spiro atoms. The highest BCUT2D eigenvalue weighted by molar-refractivity contribution is 8.00. The van der Waals surface area contributed by atoms with E-state index in [2.05, 4.69) is 16.7 Å². The van der Waals surface area contributed by atoms with E-state index in [9.17, 15) is 4.79 Å². The summed E-state index contributed by atoms with van der Waals surface area (Å²) >= 11 is 2.12. The van der Waals surface area contributed by atoms with Crippen LogP contribution in [0.15, 0.2) is 0 Å². The lowest BCUT2D eigenvalue weighted by atomic mass is 9.80. The monoisotopic (exact) mass is 256 g/mol. The van der Waals surface area contributed by atoms with Crippen molar-refractivity contribution in [3.8, 4) is 0 Å². The predicted molar refractivity (Wildman–Crippen MR) is 68.3 cm³/mol. The molecular formula is C12H20N2O2S. The van der Waals surface area contributed by atoms with Crippen molar-refractivity contribution in [2.24, 2.45) is 5.92 Å². The first-order valence-corrected chi connectivity index (χ1v) is 7.66. The maximum atomic E-state index is 10.5. The summed E-state index contributed by atoms with van der Waals surface area (Å²) in [6.45, 7) is 3.50. The molecule has 5 heteroatoms. The summed E-state index contributed by atoms with van der Waals surface area (Å²) in [7, 11) is 0. The first-order valence-electron chi connectivity index (χ1n) is 6.61. The van der Waals surface area contributed by atoms with Crippen molar-refractivity contribution < 1.29 is 9.90 Å². The lowest BCUT2D eigenvalue weighted by molar-refractivity contribution is 0.108. The molecule has 4 nitrogen and oxygen atoms in total. The van der Waals surface area contributed by atoms with Crippen LogP contribution < -0.4 is 0 Å². The number of hydrogen-bond donors (Lipinski definition) is 1. The van der Waals surface area contributed by atoms with Gasteiger partial charge in [-0.15, -0.1) is 11.8 Å². The van der Waals surface area contributed by atoms with Crippen molar-refractivity contribution in [2.45, 2.75) is 37.1 Å². The summed E-state index contributed by atoms with van der Waals surface area (Å²) in [5.41, 5.74) is 0. The zero-order chi connectivity index (χ0) is 11.8. The maximum absolute atomic E-state index is 10.5. The standard InChI is InChI=1S/C7H11NO2.C5H9NS/c9-7(10)8-4-3-5-1-2-6(5)8;1-2-6-3-4-7-5(1)6/h5-6H,1-4H2,(H,9,10);5H,1-4H2. The number of rotatable bonds is 0. The van der Waals surface area contributed by atoms with Gasteiger partial charge in [-0.2, -0.15) is 0 Å². The molecule has 4 fully saturated rings. The molecule has 3 saturated heterocycles. The summed E-state index contributed by atoms with van der Waals surface area (Å²) in [4.78, 5) is 14.7. The molecule has 3 unspecified atom stereocenters. The number of likely N-dealkylation sites (tertiary alicyclic amines) is 1. The molecule has 0 bridgehead atoms. The van der Waals surface area contributed by atoms with E-state index in [0.29, 0.717) is 12.0 Å². The van der Waals surface area contributed by atoms with Crippen LogP contribution in [0.1, 0.15) is 25.7 Å². The van der Waals surface area contributed by atoms with Gasteiger partial charge in [0.1, 0.15) is 0 Å². The fraction of sp³-hybridized carbons (Fsp3) is 0.917. The molecule has 3 atom stereocenters. The molecule has 0 radical (unpaired) electrons. The fourth-order valence-corrected chi connectivity index (χ4v) is 4.48. The molecule has 1 saturated carbocycles. The zero-order valence-electron chi connectivity index (χ0n) is 10.0. The van der Waals surface area contributed by atoms with Gasteiger partial charge in [0.05, 0.1) is 5.37 Å². The molecule has 3 aliphatic heterocycles. The van der Waals surface area contributed by atoms with Crippen LogP contribution in [-0.2, 0) is 0 Å². The lowest BCUT2D eigenvalue weighted by Crippen LogP contribution is -2.41. The Hall–Kier alpha value is -0.420. The van der Waals surface area contributed by atoms with Crippen LogP contribution in [0, 0.1) is 5.92 Å². The Labute approximate surface area is 106 Å². The number of carboxylic acid groups (broad SMARTS) is 1. The fourth-order valence-electron chi connectivity index (χ4n) is 3.17. The molecule has 17 heavy (non-hydrogen) atoms. The normalized spacial score (nSPS) is 38.4. The Bertz CT molecular complexity index is 303. The maximum Gasteiger partial charge on any atom is 0.407 e. The van der Waals surface area contributed by atoms with Gasteiger partial charge in [-0.05, 0) is 31.6 Å². The predicted octanol–water partition coefficient (Wildman–Crippen LogP) is 1.91. The third-order valence-electron chi connectivity index (χ3n) is 4.52. The van der Waals surface area contributed by atoms with Gasteiger partial charge in [0.25, 0.3) is 0 Å². The highest BCUT2D eigenvalue weighted by atomic mass is 32.2. The SMILES string of the molecule is C1CN2CCC2S1.O=C(O)N1CCC2CCC21. The minimum Gasteiger partial charge on any atom is -0.465 e. The Morgan fingerprint density at radius 2 is 2.00 bits per heavy atom. The second-order valence-electron chi connectivity index (χ2n) is 5.32. The van der Waals surface area contributed by atoms with Crippen LogP contribution in [0.4, 0.5) is 4.79 Å². The van der Waals surface area contributed by atoms with Crippen LogP contribution in [-0.4, -0.2) is 57.8 Å². The highest BCUT2D eigenvalue weighted by Gasteiger charge is 2.42. The van der Waals surface area contributed by atoms with E-state index in [-0.39, 0.29) is 0 Å². The minimum atomic E-state index is -0.729. The van der Waals surface area contributed by atoms with Gasteiger partial charge in [0.2, 0.25) is 0 Å². The molecule has 4 rings (SSSR count). The average Bonchev–Trinajstić information content (AvgIpc) is 2.69. The summed E-state index contributed by atoms with van der Waals surface area (Å²) in [6.07, 6.45) is 4.15. The number of thioether (sulfide) groups is 1. The molecule has 0 aromatic carbocycles. The Kier molecular flexibility index (Phi) is 3.21. The third kappa shape index (κ3) is 2.15. The van der Waals surface area contributed by atoms with Gasteiger partial charge in [0, 0.05) is 31.4 Å². The zero-order valence-corrected chi connectivity index (χ0v) is 10.9. The third-order valence-corrected chi connectivity index (χ3v) is 5.86. The number of nitrogens with zero attached hydrogens (tertiary/aromatic N) is 2. The van der Waals surface area contributed by atoms with Crippen molar-refractivity contribution in [3.63, 3.8) is 0 Å². The van der Waals surface area contributed by atoms with Crippen LogP contribution in [0.3, 0.4) is 0 Å². The number of amides is 1. The summed E-state index contributed by atoms with van der Waals surface area (Å²) < 4.78 is 0. The van der Waals surface area contributed by atoms with E-state index < -0.39 is 6.09 Å². The quantitative estimate of drug-likeness (QED) is 0.719. The molecular weight excluding hydrogens is 236 g/mol. The van der Waals surface area contributed by atoms with E-state index in [1.54, 1.807) is 4.90 Å². The van der Waals surface area contributed by atoms with Crippen molar-refractivity contribution in [3.05, 3.63) is 0 Å². The largest absolute Gasteiger partial charge is 0.465 e. The number of fused-ring (bicyclic) bond motifs is 2. The van der Waals surface area contributed by atoms with Gasteiger partial charge in [-0.1, -0.05) is 0 Å². The summed E-state index contributed by atoms with van der Waals surface area (Å²) in [6, 6.07) is 0.387. The van der Waals surface area contributed by atoms with Crippen LogP contribution in [0.5, 0.6) is 0 Å². The lowest BCUT2D eigenvalue weighted by Gasteiger charge is -2.34. The molecule has 96 valence electrons. The second kappa shape index (κ2) is 4.69. The molecule has 3 heterocycles. The van der Waals surface area contributed by atoms with Gasteiger partial charge in [0.15, 0.2) is 0 Å². The van der Waals surface area contributed by atoms with Crippen molar-refractivity contribution in [2.75, 3.05) is 25.4 Å².